The molecule has 2 nitrogen and oxygen atoms in total. The van der Waals surface area contributed by atoms with Crippen LogP contribution >= 0.6 is 0 Å². The van der Waals surface area contributed by atoms with Crippen LogP contribution in [0.25, 0.3) is 0 Å². The van der Waals surface area contributed by atoms with Crippen LogP contribution in [-0.4, -0.2) is 10.9 Å². The highest BCUT2D eigenvalue weighted by molar-refractivity contribution is 5.99. The first-order valence-electron chi connectivity index (χ1n) is 6.89. The number of hydrogen-bond acceptors (Lipinski definition) is 2. The lowest BCUT2D eigenvalue weighted by Crippen LogP contribution is -2.14. The van der Waals surface area contributed by atoms with Crippen molar-refractivity contribution in [3.63, 3.8) is 0 Å². The highest BCUT2D eigenvalue weighted by atomic mass is 16.3. The molecule has 2 aliphatic carbocycles. The second kappa shape index (κ2) is 5.55. The smallest absolute Gasteiger partial charge is 0.163 e. The Kier molecular flexibility index (Phi) is 4.05. The van der Waals surface area contributed by atoms with Gasteiger partial charge in [0.05, 0.1) is 5.57 Å². The third-order valence-electron chi connectivity index (χ3n) is 3.91. The van der Waals surface area contributed by atoms with Gasteiger partial charge in [-0.2, -0.15) is 0 Å². The first kappa shape index (κ1) is 13.1. The molecule has 2 heteroatoms. The van der Waals surface area contributed by atoms with E-state index in [0.717, 1.165) is 12.0 Å². The van der Waals surface area contributed by atoms with Crippen molar-refractivity contribution >= 4 is 5.78 Å². The summed E-state index contributed by atoms with van der Waals surface area (Å²) < 4.78 is 0. The van der Waals surface area contributed by atoms with Crippen molar-refractivity contribution in [1.29, 1.82) is 0 Å². The summed E-state index contributed by atoms with van der Waals surface area (Å²) >= 11 is 0. The van der Waals surface area contributed by atoms with Gasteiger partial charge in [0, 0.05) is 6.42 Å². The third-order valence-corrected chi connectivity index (χ3v) is 3.91. The van der Waals surface area contributed by atoms with E-state index in [4.69, 9.17) is 0 Å². The predicted molar refractivity (Wildman–Crippen MR) is 73.3 cm³/mol. The van der Waals surface area contributed by atoms with E-state index in [1.54, 1.807) is 6.92 Å². The van der Waals surface area contributed by atoms with Crippen LogP contribution in [0.15, 0.2) is 35.1 Å². The normalized spacial score (nSPS) is 25.2. The fourth-order valence-electron chi connectivity index (χ4n) is 2.65. The van der Waals surface area contributed by atoms with Crippen LogP contribution in [0, 0.1) is 11.8 Å². The van der Waals surface area contributed by atoms with Gasteiger partial charge >= 0.3 is 0 Å². The fraction of sp³-hybridized carbons (Fsp3) is 0.562. The Hall–Kier alpha value is -1.31. The first-order chi connectivity index (χ1) is 8.58. The van der Waals surface area contributed by atoms with Gasteiger partial charge in [-0.1, -0.05) is 44.4 Å². The van der Waals surface area contributed by atoms with Crippen LogP contribution in [0.1, 0.15) is 46.0 Å². The third kappa shape index (κ3) is 2.92. The average Bonchev–Trinajstić information content (AvgIpc) is 2.23. The molecule has 1 fully saturated rings. The summed E-state index contributed by atoms with van der Waals surface area (Å²) in [6, 6.07) is 0. The van der Waals surface area contributed by atoms with Gasteiger partial charge in [0.25, 0.3) is 0 Å². The maximum absolute atomic E-state index is 11.8. The number of allylic oxidation sites excluding steroid dienone is 6. The van der Waals surface area contributed by atoms with Crippen LogP contribution in [0.2, 0.25) is 0 Å². The van der Waals surface area contributed by atoms with Gasteiger partial charge in [-0.3, -0.25) is 4.79 Å². The maximum Gasteiger partial charge on any atom is 0.163 e. The van der Waals surface area contributed by atoms with Gasteiger partial charge in [-0.05, 0) is 30.8 Å². The molecule has 0 aromatic rings. The summed E-state index contributed by atoms with van der Waals surface area (Å²) in [5.74, 6) is 1.27. The van der Waals surface area contributed by atoms with E-state index in [9.17, 15) is 9.90 Å². The van der Waals surface area contributed by atoms with E-state index in [2.05, 4.69) is 19.1 Å². The molecule has 0 bridgehead atoms. The van der Waals surface area contributed by atoms with E-state index in [1.807, 2.05) is 6.08 Å². The molecular formula is C16H22O2. The molecule has 2 aliphatic rings. The first-order valence-corrected chi connectivity index (χ1v) is 6.89. The van der Waals surface area contributed by atoms with E-state index >= 15 is 0 Å². The fourth-order valence-corrected chi connectivity index (χ4v) is 2.65. The van der Waals surface area contributed by atoms with Crippen molar-refractivity contribution in [3.8, 4) is 0 Å². The van der Waals surface area contributed by atoms with Gasteiger partial charge in [0.2, 0.25) is 0 Å². The number of hydrogen-bond donors (Lipinski definition) is 1. The minimum absolute atomic E-state index is 0.0307. The molecule has 1 unspecified atom stereocenters. The zero-order chi connectivity index (χ0) is 13.1. The lowest BCUT2D eigenvalue weighted by Gasteiger charge is -2.25. The summed E-state index contributed by atoms with van der Waals surface area (Å²) in [6.45, 7) is 3.67. The molecule has 0 aromatic heterocycles. The lowest BCUT2D eigenvalue weighted by molar-refractivity contribution is -0.113. The summed E-state index contributed by atoms with van der Waals surface area (Å²) in [7, 11) is 0. The number of aliphatic hydroxyl groups is 1. The molecule has 18 heavy (non-hydrogen) atoms. The van der Waals surface area contributed by atoms with E-state index in [1.165, 1.54) is 19.3 Å². The number of carbonyl (C=O) groups excluding carboxylic acids is 1. The highest BCUT2D eigenvalue weighted by Gasteiger charge is 2.23. The van der Waals surface area contributed by atoms with E-state index < -0.39 is 0 Å². The summed E-state index contributed by atoms with van der Waals surface area (Å²) in [4.78, 5) is 11.8. The van der Waals surface area contributed by atoms with Crippen molar-refractivity contribution < 1.29 is 9.90 Å². The predicted octanol–water partition coefficient (Wildman–Crippen LogP) is 4.10. The number of rotatable bonds is 4. The van der Waals surface area contributed by atoms with Crippen molar-refractivity contribution in [3.05, 3.63) is 35.1 Å². The Morgan fingerprint density at radius 2 is 2.17 bits per heavy atom. The minimum Gasteiger partial charge on any atom is -0.512 e. The molecule has 0 saturated heterocycles. The largest absolute Gasteiger partial charge is 0.512 e. The molecule has 0 spiro atoms. The number of carbonyl (C=O) groups is 1. The second-order valence-electron chi connectivity index (χ2n) is 5.62. The molecule has 1 N–H and O–H groups in total. The van der Waals surface area contributed by atoms with Gasteiger partial charge in [0.1, 0.15) is 5.76 Å². The molecule has 0 radical (unpaired) electrons. The average molecular weight is 246 g/mol. The van der Waals surface area contributed by atoms with Crippen LogP contribution in [0.3, 0.4) is 0 Å². The molecule has 0 heterocycles. The Bertz CT molecular complexity index is 422. The Morgan fingerprint density at radius 3 is 2.67 bits per heavy atom. The summed E-state index contributed by atoms with van der Waals surface area (Å²) in [5.41, 5.74) is 1.43. The molecule has 98 valence electrons. The highest BCUT2D eigenvalue weighted by Crippen LogP contribution is 2.34. The van der Waals surface area contributed by atoms with Crippen LogP contribution < -0.4 is 0 Å². The topological polar surface area (TPSA) is 37.3 Å². The van der Waals surface area contributed by atoms with Crippen LogP contribution in [-0.2, 0) is 4.79 Å². The van der Waals surface area contributed by atoms with E-state index in [-0.39, 0.29) is 11.5 Å². The van der Waals surface area contributed by atoms with Crippen LogP contribution in [0.4, 0.5) is 0 Å². The van der Waals surface area contributed by atoms with Crippen LogP contribution in [0.5, 0.6) is 0 Å². The van der Waals surface area contributed by atoms with Crippen molar-refractivity contribution in [2.45, 2.75) is 46.0 Å². The Labute approximate surface area is 109 Å². The molecule has 1 atom stereocenters. The molecular weight excluding hydrogens is 224 g/mol. The number of Topliss-reactive ketones (excluding diaryl/α,β-unsaturated/α-hetero) is 1. The van der Waals surface area contributed by atoms with Gasteiger partial charge in [-0.15, -0.1) is 0 Å². The zero-order valence-electron chi connectivity index (χ0n) is 11.3. The second-order valence-corrected chi connectivity index (χ2v) is 5.62. The number of ketones is 1. The molecule has 0 aromatic carbocycles. The minimum atomic E-state index is -0.0307. The molecule has 0 amide bonds. The lowest BCUT2D eigenvalue weighted by atomic mass is 9.81. The molecule has 0 aliphatic heterocycles. The monoisotopic (exact) mass is 246 g/mol. The Morgan fingerprint density at radius 1 is 1.44 bits per heavy atom. The van der Waals surface area contributed by atoms with Gasteiger partial charge in [-0.25, -0.2) is 0 Å². The van der Waals surface area contributed by atoms with E-state index in [0.29, 0.717) is 23.8 Å². The van der Waals surface area contributed by atoms with Crippen molar-refractivity contribution in [2.24, 2.45) is 11.8 Å². The summed E-state index contributed by atoms with van der Waals surface area (Å²) in [5, 5.41) is 10.2. The number of aliphatic hydroxyl groups excluding tert-OH is 1. The quantitative estimate of drug-likeness (QED) is 0.599. The molecule has 2 rings (SSSR count). The van der Waals surface area contributed by atoms with Gasteiger partial charge in [0.15, 0.2) is 5.78 Å². The Balaban J connectivity index is 2.23. The van der Waals surface area contributed by atoms with Crippen molar-refractivity contribution in [2.75, 3.05) is 0 Å². The maximum atomic E-state index is 11.8. The van der Waals surface area contributed by atoms with Crippen molar-refractivity contribution in [1.82, 2.24) is 0 Å². The standard InChI is InChI=1S/C16H22O2/c1-11-5-3-8-14(9-11)16(12(2)17)15(18)10-13-6-4-7-13/h3,8-9,11,13,18H,4-7,10H2,1-2H3/b16-15-. The zero-order valence-corrected chi connectivity index (χ0v) is 11.3. The summed E-state index contributed by atoms with van der Waals surface area (Å²) in [6.07, 6.45) is 11.4. The molecule has 1 saturated carbocycles. The SMILES string of the molecule is CC(=O)/C(C1=CC(C)CC=C1)=C(/O)CC1CCC1. The van der Waals surface area contributed by atoms with Gasteiger partial charge < -0.3 is 5.11 Å².